The molecule has 0 amide bonds. The molecule has 0 unspecified atom stereocenters. The molecule has 0 saturated carbocycles. The van der Waals surface area contributed by atoms with E-state index in [0.29, 0.717) is 0 Å². The summed E-state index contributed by atoms with van der Waals surface area (Å²) in [6.45, 7) is 2.84. The lowest BCUT2D eigenvalue weighted by molar-refractivity contribution is 0.0686. The second kappa shape index (κ2) is 4.84. The molecular weight excluding hydrogens is 270 g/mol. The Morgan fingerprint density at radius 1 is 1.30 bits per heavy atom. The van der Waals surface area contributed by atoms with Gasteiger partial charge in [0.1, 0.15) is 5.69 Å². The second-order valence-electron chi connectivity index (χ2n) is 4.24. The zero-order chi connectivity index (χ0) is 15.0. The first-order valence-corrected chi connectivity index (χ1v) is 5.62. The van der Waals surface area contributed by atoms with Crippen LogP contribution in [-0.4, -0.2) is 20.9 Å². The SMILES string of the molecule is Cc1ccc(F)c(-n2nc(C(=O)O)c(=O)cc2C)c1F. The van der Waals surface area contributed by atoms with Gasteiger partial charge in [0.2, 0.25) is 11.1 Å². The van der Waals surface area contributed by atoms with Crippen molar-refractivity contribution in [2.75, 3.05) is 0 Å². The largest absolute Gasteiger partial charge is 0.476 e. The van der Waals surface area contributed by atoms with E-state index in [9.17, 15) is 18.4 Å². The highest BCUT2D eigenvalue weighted by molar-refractivity contribution is 5.84. The van der Waals surface area contributed by atoms with E-state index in [2.05, 4.69) is 5.10 Å². The quantitative estimate of drug-likeness (QED) is 0.910. The Bertz CT molecular complexity index is 769. The van der Waals surface area contributed by atoms with Gasteiger partial charge in [-0.3, -0.25) is 4.79 Å². The van der Waals surface area contributed by atoms with E-state index in [4.69, 9.17) is 5.11 Å². The Morgan fingerprint density at radius 3 is 2.55 bits per heavy atom. The lowest BCUT2D eigenvalue weighted by Gasteiger charge is -2.12. The predicted octanol–water partition coefficient (Wildman–Crippen LogP) is 1.83. The molecule has 2 rings (SSSR count). The molecule has 2 aromatic rings. The highest BCUT2D eigenvalue weighted by Gasteiger charge is 2.19. The third-order valence-corrected chi connectivity index (χ3v) is 2.78. The summed E-state index contributed by atoms with van der Waals surface area (Å²) in [5.41, 5.74) is -1.82. The van der Waals surface area contributed by atoms with Crippen LogP contribution in [0.1, 0.15) is 21.7 Å². The van der Waals surface area contributed by atoms with E-state index in [0.717, 1.165) is 16.8 Å². The van der Waals surface area contributed by atoms with Crippen LogP contribution in [0.3, 0.4) is 0 Å². The van der Waals surface area contributed by atoms with E-state index in [1.165, 1.54) is 19.9 Å². The summed E-state index contributed by atoms with van der Waals surface area (Å²) in [4.78, 5) is 22.3. The number of aryl methyl sites for hydroxylation is 2. The van der Waals surface area contributed by atoms with Crippen molar-refractivity contribution < 1.29 is 18.7 Å². The maximum atomic E-state index is 14.0. The Kier molecular flexibility index (Phi) is 3.35. The number of aromatic nitrogens is 2. The average Bonchev–Trinajstić information content (AvgIpc) is 2.36. The maximum absolute atomic E-state index is 14.0. The topological polar surface area (TPSA) is 72.2 Å². The molecule has 5 nitrogen and oxygen atoms in total. The third kappa shape index (κ3) is 2.18. The van der Waals surface area contributed by atoms with Crippen LogP contribution >= 0.6 is 0 Å². The van der Waals surface area contributed by atoms with Crippen LogP contribution in [0, 0.1) is 25.5 Å². The molecule has 0 fully saturated rings. The third-order valence-electron chi connectivity index (χ3n) is 2.78. The van der Waals surface area contributed by atoms with Crippen LogP contribution in [-0.2, 0) is 0 Å². The van der Waals surface area contributed by atoms with Crippen LogP contribution in [0.4, 0.5) is 8.78 Å². The first-order chi connectivity index (χ1) is 9.32. The summed E-state index contributed by atoms with van der Waals surface area (Å²) in [6.07, 6.45) is 0. The molecule has 0 saturated heterocycles. The number of rotatable bonds is 2. The van der Waals surface area contributed by atoms with Crippen molar-refractivity contribution in [3.8, 4) is 5.69 Å². The number of carbonyl (C=O) groups is 1. The number of halogens is 2. The molecular formula is C13H10F2N2O3. The standard InChI is InChI=1S/C13H10F2N2O3/c1-6-3-4-8(14)12(10(6)15)17-7(2)5-9(18)11(16-17)13(19)20/h3-5H,1-2H3,(H,19,20). The fourth-order valence-corrected chi connectivity index (χ4v) is 1.76. The van der Waals surface area contributed by atoms with Crippen molar-refractivity contribution in [1.29, 1.82) is 0 Å². The highest BCUT2D eigenvalue weighted by Crippen LogP contribution is 2.20. The van der Waals surface area contributed by atoms with Gasteiger partial charge in [0.15, 0.2) is 11.6 Å². The minimum absolute atomic E-state index is 0.128. The molecule has 0 aliphatic heterocycles. The molecule has 0 aliphatic rings. The van der Waals surface area contributed by atoms with Crippen molar-refractivity contribution in [1.82, 2.24) is 9.78 Å². The van der Waals surface area contributed by atoms with Gasteiger partial charge >= 0.3 is 5.97 Å². The molecule has 1 aromatic heterocycles. The molecule has 104 valence electrons. The van der Waals surface area contributed by atoms with E-state index in [1.54, 1.807) is 0 Å². The van der Waals surface area contributed by atoms with Crippen LogP contribution in [0.5, 0.6) is 0 Å². The lowest BCUT2D eigenvalue weighted by Crippen LogP contribution is -2.23. The zero-order valence-electron chi connectivity index (χ0n) is 10.6. The minimum Gasteiger partial charge on any atom is -0.476 e. The van der Waals surface area contributed by atoms with Gasteiger partial charge in [-0.1, -0.05) is 6.07 Å². The number of carboxylic acids is 1. The first kappa shape index (κ1) is 13.9. The number of benzene rings is 1. The molecule has 20 heavy (non-hydrogen) atoms. The number of hydrogen-bond acceptors (Lipinski definition) is 3. The molecule has 1 aromatic carbocycles. The smallest absolute Gasteiger partial charge is 0.360 e. The van der Waals surface area contributed by atoms with E-state index in [1.807, 2.05) is 0 Å². The molecule has 0 radical (unpaired) electrons. The molecule has 0 spiro atoms. The van der Waals surface area contributed by atoms with Crippen LogP contribution in [0.25, 0.3) is 5.69 Å². The Labute approximate surface area is 112 Å². The summed E-state index contributed by atoms with van der Waals surface area (Å²) >= 11 is 0. The van der Waals surface area contributed by atoms with Gasteiger partial charge in [0, 0.05) is 11.8 Å². The molecule has 0 atom stereocenters. The van der Waals surface area contributed by atoms with E-state index in [-0.39, 0.29) is 11.3 Å². The van der Waals surface area contributed by atoms with Gasteiger partial charge < -0.3 is 5.11 Å². The summed E-state index contributed by atoms with van der Waals surface area (Å²) < 4.78 is 28.6. The Balaban J connectivity index is 2.83. The van der Waals surface area contributed by atoms with Crippen LogP contribution in [0.2, 0.25) is 0 Å². The number of hydrogen-bond donors (Lipinski definition) is 1. The lowest BCUT2D eigenvalue weighted by atomic mass is 10.2. The highest BCUT2D eigenvalue weighted by atomic mass is 19.1. The monoisotopic (exact) mass is 280 g/mol. The normalized spacial score (nSPS) is 10.6. The summed E-state index contributed by atoms with van der Waals surface area (Å²) in [5, 5.41) is 12.4. The number of carboxylic acid groups (broad SMARTS) is 1. The summed E-state index contributed by atoms with van der Waals surface area (Å²) in [6, 6.07) is 3.27. The first-order valence-electron chi connectivity index (χ1n) is 5.62. The van der Waals surface area contributed by atoms with Crippen molar-refractivity contribution in [3.63, 3.8) is 0 Å². The van der Waals surface area contributed by atoms with Crippen molar-refractivity contribution in [2.45, 2.75) is 13.8 Å². The number of nitrogens with zero attached hydrogens (tertiary/aromatic N) is 2. The molecule has 1 heterocycles. The average molecular weight is 280 g/mol. The minimum atomic E-state index is -1.56. The fraction of sp³-hybridized carbons (Fsp3) is 0.154. The van der Waals surface area contributed by atoms with E-state index < -0.39 is 34.4 Å². The van der Waals surface area contributed by atoms with Gasteiger partial charge in [0.05, 0.1) is 0 Å². The fourth-order valence-electron chi connectivity index (χ4n) is 1.76. The van der Waals surface area contributed by atoms with E-state index >= 15 is 0 Å². The summed E-state index contributed by atoms with van der Waals surface area (Å²) in [5.74, 6) is -3.32. The predicted molar refractivity (Wildman–Crippen MR) is 66.2 cm³/mol. The molecule has 0 bridgehead atoms. The Morgan fingerprint density at radius 2 is 1.95 bits per heavy atom. The molecule has 7 heteroatoms. The van der Waals surface area contributed by atoms with Crippen molar-refractivity contribution >= 4 is 5.97 Å². The van der Waals surface area contributed by atoms with Crippen molar-refractivity contribution in [2.24, 2.45) is 0 Å². The van der Waals surface area contributed by atoms with Gasteiger partial charge in [-0.25, -0.2) is 18.3 Å². The van der Waals surface area contributed by atoms with Gasteiger partial charge in [0.25, 0.3) is 0 Å². The molecule has 0 aliphatic carbocycles. The zero-order valence-corrected chi connectivity index (χ0v) is 10.6. The van der Waals surface area contributed by atoms with Gasteiger partial charge in [-0.15, -0.1) is 0 Å². The summed E-state index contributed by atoms with van der Waals surface area (Å²) in [7, 11) is 0. The van der Waals surface area contributed by atoms with Gasteiger partial charge in [-0.2, -0.15) is 5.10 Å². The Hall–Kier alpha value is -2.57. The maximum Gasteiger partial charge on any atom is 0.360 e. The second-order valence-corrected chi connectivity index (χ2v) is 4.24. The van der Waals surface area contributed by atoms with Crippen molar-refractivity contribution in [3.05, 3.63) is 57.0 Å². The van der Waals surface area contributed by atoms with Crippen LogP contribution < -0.4 is 5.43 Å². The van der Waals surface area contributed by atoms with Gasteiger partial charge in [-0.05, 0) is 25.5 Å². The number of aromatic carboxylic acids is 1. The molecule has 1 N–H and O–H groups in total. The van der Waals surface area contributed by atoms with Crippen LogP contribution in [0.15, 0.2) is 23.0 Å².